The standard InChI is InChI=1S/C17H21FN4O2/c1-24-12-2-10-20-17(23)15-7-8-16(22-21-15)19-11-9-13-3-5-14(18)6-4-13/h3-8H,2,9-12H2,1H3,(H,19,22)(H,20,23). The number of nitrogens with zero attached hydrogens (tertiary/aromatic N) is 2. The third kappa shape index (κ3) is 5.92. The normalized spacial score (nSPS) is 10.4. The number of carbonyl (C=O) groups is 1. The summed E-state index contributed by atoms with van der Waals surface area (Å²) in [5.74, 6) is 0.0955. The molecule has 0 bridgehead atoms. The monoisotopic (exact) mass is 332 g/mol. The van der Waals surface area contributed by atoms with E-state index in [2.05, 4.69) is 20.8 Å². The van der Waals surface area contributed by atoms with E-state index >= 15 is 0 Å². The van der Waals surface area contributed by atoms with Crippen LogP contribution < -0.4 is 10.6 Å². The van der Waals surface area contributed by atoms with Gasteiger partial charge in [0.1, 0.15) is 11.6 Å². The molecule has 7 heteroatoms. The van der Waals surface area contributed by atoms with Crippen molar-refractivity contribution in [2.75, 3.05) is 32.1 Å². The molecule has 0 unspecified atom stereocenters. The van der Waals surface area contributed by atoms with Crippen LogP contribution in [0.25, 0.3) is 0 Å². The minimum atomic E-state index is -0.253. The third-order valence-electron chi connectivity index (χ3n) is 3.34. The average Bonchev–Trinajstić information content (AvgIpc) is 2.61. The molecule has 0 fully saturated rings. The summed E-state index contributed by atoms with van der Waals surface area (Å²) in [6.07, 6.45) is 1.49. The maximum absolute atomic E-state index is 12.8. The zero-order valence-electron chi connectivity index (χ0n) is 13.6. The van der Waals surface area contributed by atoms with Gasteiger partial charge in [0.25, 0.3) is 5.91 Å². The van der Waals surface area contributed by atoms with Crippen LogP contribution in [0.15, 0.2) is 36.4 Å². The Morgan fingerprint density at radius 1 is 1.12 bits per heavy atom. The second kappa shape index (κ2) is 9.57. The molecule has 0 saturated heterocycles. The summed E-state index contributed by atoms with van der Waals surface area (Å²) in [6, 6.07) is 9.71. The first kappa shape index (κ1) is 17.8. The molecule has 1 aromatic heterocycles. The molecule has 6 nitrogen and oxygen atoms in total. The number of carbonyl (C=O) groups excluding carboxylic acids is 1. The minimum Gasteiger partial charge on any atom is -0.385 e. The number of anilines is 1. The molecule has 128 valence electrons. The van der Waals surface area contributed by atoms with Crippen LogP contribution in [0.5, 0.6) is 0 Å². The van der Waals surface area contributed by atoms with Gasteiger partial charge in [-0.3, -0.25) is 4.79 Å². The lowest BCUT2D eigenvalue weighted by atomic mass is 10.1. The number of halogens is 1. The largest absolute Gasteiger partial charge is 0.385 e. The quantitative estimate of drug-likeness (QED) is 0.687. The van der Waals surface area contributed by atoms with Gasteiger partial charge in [0.05, 0.1) is 0 Å². The third-order valence-corrected chi connectivity index (χ3v) is 3.34. The molecule has 24 heavy (non-hydrogen) atoms. The summed E-state index contributed by atoms with van der Waals surface area (Å²) in [5, 5.41) is 13.8. The highest BCUT2D eigenvalue weighted by atomic mass is 19.1. The molecule has 0 saturated carbocycles. The molecule has 1 heterocycles. The lowest BCUT2D eigenvalue weighted by Gasteiger charge is -2.06. The Morgan fingerprint density at radius 3 is 2.58 bits per heavy atom. The summed E-state index contributed by atoms with van der Waals surface area (Å²) in [6.45, 7) is 1.78. The summed E-state index contributed by atoms with van der Waals surface area (Å²) in [5.41, 5.74) is 1.31. The van der Waals surface area contributed by atoms with E-state index in [-0.39, 0.29) is 17.4 Å². The van der Waals surface area contributed by atoms with Crippen molar-refractivity contribution in [1.29, 1.82) is 0 Å². The summed E-state index contributed by atoms with van der Waals surface area (Å²) < 4.78 is 17.7. The van der Waals surface area contributed by atoms with Crippen molar-refractivity contribution in [3.8, 4) is 0 Å². The molecule has 2 rings (SSSR count). The number of nitrogens with one attached hydrogen (secondary N) is 2. The zero-order chi connectivity index (χ0) is 17.2. The predicted molar refractivity (Wildman–Crippen MR) is 89.5 cm³/mol. The molecule has 2 aromatic rings. The smallest absolute Gasteiger partial charge is 0.271 e. The number of methoxy groups -OCH3 is 1. The van der Waals surface area contributed by atoms with Crippen molar-refractivity contribution >= 4 is 11.7 Å². The molecule has 1 aromatic carbocycles. The SMILES string of the molecule is COCCCNC(=O)c1ccc(NCCc2ccc(F)cc2)nn1. The molecule has 0 aliphatic rings. The fourth-order valence-electron chi connectivity index (χ4n) is 2.04. The first-order chi connectivity index (χ1) is 11.7. The van der Waals surface area contributed by atoms with Gasteiger partial charge >= 0.3 is 0 Å². The van der Waals surface area contributed by atoms with Gasteiger partial charge in [-0.15, -0.1) is 10.2 Å². The molecule has 1 amide bonds. The Labute approximate surface area is 140 Å². The van der Waals surface area contributed by atoms with Crippen LogP contribution in [0.4, 0.5) is 10.2 Å². The van der Waals surface area contributed by atoms with Crippen molar-refractivity contribution < 1.29 is 13.9 Å². The molecule has 0 aliphatic heterocycles. The molecular formula is C17H21FN4O2. The maximum atomic E-state index is 12.8. The number of ether oxygens (including phenoxy) is 1. The van der Waals surface area contributed by atoms with Crippen LogP contribution in [0.1, 0.15) is 22.5 Å². The Balaban J connectivity index is 1.75. The first-order valence-electron chi connectivity index (χ1n) is 7.78. The van der Waals surface area contributed by atoms with Gasteiger partial charge in [-0.1, -0.05) is 12.1 Å². The molecule has 0 spiro atoms. The highest BCUT2D eigenvalue weighted by Gasteiger charge is 2.07. The number of aromatic nitrogens is 2. The topological polar surface area (TPSA) is 76.1 Å². The van der Waals surface area contributed by atoms with E-state index < -0.39 is 0 Å². The van der Waals surface area contributed by atoms with Gasteiger partial charge in [-0.2, -0.15) is 0 Å². The van der Waals surface area contributed by atoms with Crippen molar-refractivity contribution in [1.82, 2.24) is 15.5 Å². The highest BCUT2D eigenvalue weighted by Crippen LogP contribution is 2.05. The van der Waals surface area contributed by atoms with Gasteiger partial charge < -0.3 is 15.4 Å². The van der Waals surface area contributed by atoms with Crippen LogP contribution >= 0.6 is 0 Å². The summed E-state index contributed by atoms with van der Waals surface area (Å²) in [7, 11) is 1.62. The van der Waals surface area contributed by atoms with Crippen molar-refractivity contribution in [3.05, 3.63) is 53.5 Å². The number of rotatable bonds is 9. The van der Waals surface area contributed by atoms with E-state index in [1.54, 1.807) is 31.4 Å². The predicted octanol–water partition coefficient (Wildman–Crippen LogP) is 2.04. The van der Waals surface area contributed by atoms with Crippen LogP contribution in [-0.4, -0.2) is 42.9 Å². The van der Waals surface area contributed by atoms with Gasteiger partial charge in [-0.25, -0.2) is 4.39 Å². The second-order valence-electron chi connectivity index (χ2n) is 5.21. The van der Waals surface area contributed by atoms with Gasteiger partial charge in [0.15, 0.2) is 5.69 Å². The van der Waals surface area contributed by atoms with Crippen molar-refractivity contribution in [2.45, 2.75) is 12.8 Å². The number of benzene rings is 1. The Bertz CT molecular complexity index is 632. The minimum absolute atomic E-state index is 0.242. The Kier molecular flexibility index (Phi) is 7.10. The van der Waals surface area contributed by atoms with E-state index in [4.69, 9.17) is 4.74 Å². The van der Waals surface area contributed by atoms with E-state index in [0.717, 1.165) is 18.4 Å². The Morgan fingerprint density at radius 2 is 1.92 bits per heavy atom. The van der Waals surface area contributed by atoms with E-state index in [9.17, 15) is 9.18 Å². The van der Waals surface area contributed by atoms with Crippen LogP contribution in [0, 0.1) is 5.82 Å². The van der Waals surface area contributed by atoms with Crippen molar-refractivity contribution in [2.24, 2.45) is 0 Å². The van der Waals surface area contributed by atoms with Crippen LogP contribution in [0.3, 0.4) is 0 Å². The van der Waals surface area contributed by atoms with Crippen LogP contribution in [-0.2, 0) is 11.2 Å². The lowest BCUT2D eigenvalue weighted by Crippen LogP contribution is -2.26. The van der Waals surface area contributed by atoms with Gasteiger partial charge in [0.2, 0.25) is 0 Å². The first-order valence-corrected chi connectivity index (χ1v) is 7.78. The number of amides is 1. The second-order valence-corrected chi connectivity index (χ2v) is 5.21. The van der Waals surface area contributed by atoms with E-state index in [1.165, 1.54) is 12.1 Å². The fourth-order valence-corrected chi connectivity index (χ4v) is 2.04. The van der Waals surface area contributed by atoms with Crippen LogP contribution in [0.2, 0.25) is 0 Å². The molecule has 0 radical (unpaired) electrons. The number of hydrogen-bond donors (Lipinski definition) is 2. The number of hydrogen-bond acceptors (Lipinski definition) is 5. The zero-order valence-corrected chi connectivity index (χ0v) is 13.6. The fraction of sp³-hybridized carbons (Fsp3) is 0.353. The highest BCUT2D eigenvalue weighted by molar-refractivity contribution is 5.92. The molecule has 0 atom stereocenters. The molecular weight excluding hydrogens is 311 g/mol. The van der Waals surface area contributed by atoms with Gasteiger partial charge in [0, 0.05) is 26.8 Å². The lowest BCUT2D eigenvalue weighted by molar-refractivity contribution is 0.0942. The summed E-state index contributed by atoms with van der Waals surface area (Å²) in [4.78, 5) is 11.8. The molecule has 2 N–H and O–H groups in total. The average molecular weight is 332 g/mol. The van der Waals surface area contributed by atoms with Gasteiger partial charge in [-0.05, 0) is 42.7 Å². The maximum Gasteiger partial charge on any atom is 0.271 e. The summed E-state index contributed by atoms with van der Waals surface area (Å²) >= 11 is 0. The van der Waals surface area contributed by atoms with E-state index in [1.807, 2.05) is 0 Å². The van der Waals surface area contributed by atoms with Crippen molar-refractivity contribution in [3.63, 3.8) is 0 Å². The molecule has 0 aliphatic carbocycles. The van der Waals surface area contributed by atoms with E-state index in [0.29, 0.717) is 25.5 Å². The Hall–Kier alpha value is -2.54.